The Hall–Kier alpha value is -3.18. The summed E-state index contributed by atoms with van der Waals surface area (Å²) in [7, 11) is 0. The Kier molecular flexibility index (Phi) is 4.62. The van der Waals surface area contributed by atoms with Gasteiger partial charge in [-0.05, 0) is 0 Å². The van der Waals surface area contributed by atoms with Gasteiger partial charge in [0.2, 0.25) is 0 Å². The Balaban J connectivity index is 3.05. The van der Waals surface area contributed by atoms with Crippen LogP contribution in [0.5, 0.6) is 0 Å². The van der Waals surface area contributed by atoms with Crippen LogP contribution >= 0.6 is 0 Å². The molecule has 0 aliphatic rings. The van der Waals surface area contributed by atoms with E-state index in [1.807, 2.05) is 0 Å². The number of amides is 2. The molecule has 4 nitrogen and oxygen atoms in total. The van der Waals surface area contributed by atoms with Crippen LogP contribution in [-0.4, -0.2) is 11.8 Å². The summed E-state index contributed by atoms with van der Waals surface area (Å²) < 4.78 is 111. The van der Waals surface area contributed by atoms with Crippen molar-refractivity contribution in [1.29, 1.82) is 0 Å². The van der Waals surface area contributed by atoms with Crippen LogP contribution in [0.15, 0.2) is 0 Å². The Labute approximate surface area is 138 Å². The van der Waals surface area contributed by atoms with E-state index in [9.17, 15) is 44.7 Å². The zero-order chi connectivity index (χ0) is 20.1. The van der Waals surface area contributed by atoms with Gasteiger partial charge < -0.3 is 11.5 Å². The molecule has 26 heavy (non-hydrogen) atoms. The summed E-state index contributed by atoms with van der Waals surface area (Å²) >= 11 is 0. The quantitative estimate of drug-likeness (QED) is 0.630. The first-order chi connectivity index (χ1) is 11.9. The van der Waals surface area contributed by atoms with E-state index in [1.165, 1.54) is 0 Å². The largest absolute Gasteiger partial charge is 0.365 e. The molecular formula is C14H4F8N2O2. The number of rotatable bonds is 3. The lowest BCUT2D eigenvalue weighted by molar-refractivity contribution is 0.0980. The summed E-state index contributed by atoms with van der Waals surface area (Å²) in [6.07, 6.45) is 0. The van der Waals surface area contributed by atoms with Crippen molar-refractivity contribution in [2.45, 2.75) is 0 Å². The fourth-order valence-electron chi connectivity index (χ4n) is 2.14. The van der Waals surface area contributed by atoms with E-state index in [4.69, 9.17) is 0 Å². The lowest BCUT2D eigenvalue weighted by Gasteiger charge is -2.14. The van der Waals surface area contributed by atoms with Crippen LogP contribution in [0.4, 0.5) is 35.1 Å². The number of nitrogens with two attached hydrogens (primary N) is 2. The van der Waals surface area contributed by atoms with E-state index >= 15 is 0 Å². The van der Waals surface area contributed by atoms with Crippen molar-refractivity contribution in [3.8, 4) is 11.1 Å². The molecule has 4 N–H and O–H groups in total. The van der Waals surface area contributed by atoms with Gasteiger partial charge in [0.25, 0.3) is 11.8 Å². The molecule has 2 aromatic rings. The second kappa shape index (κ2) is 6.28. The van der Waals surface area contributed by atoms with E-state index in [0.29, 0.717) is 0 Å². The van der Waals surface area contributed by atoms with E-state index in [-0.39, 0.29) is 0 Å². The maximum Gasteiger partial charge on any atom is 0.254 e. The van der Waals surface area contributed by atoms with Crippen molar-refractivity contribution < 1.29 is 44.7 Å². The van der Waals surface area contributed by atoms with E-state index in [1.54, 1.807) is 0 Å². The SMILES string of the molecule is NC(=O)c1c(F)c(F)c(-c2c(F)c(F)c(C(N)=O)c(F)c2F)c(F)c1F. The molecule has 0 bridgehead atoms. The first-order valence-corrected chi connectivity index (χ1v) is 6.25. The molecule has 0 aliphatic carbocycles. The lowest BCUT2D eigenvalue weighted by atomic mass is 9.97. The molecule has 0 fully saturated rings. The van der Waals surface area contributed by atoms with Gasteiger partial charge in [0, 0.05) is 0 Å². The highest BCUT2D eigenvalue weighted by molar-refractivity contribution is 5.95. The number of carbonyl (C=O) groups excluding carboxylic acids is 2. The summed E-state index contributed by atoms with van der Waals surface area (Å²) in [5.74, 6) is -24.0. The third-order valence-corrected chi connectivity index (χ3v) is 3.27. The van der Waals surface area contributed by atoms with Crippen LogP contribution in [0.1, 0.15) is 20.7 Å². The van der Waals surface area contributed by atoms with E-state index in [2.05, 4.69) is 11.5 Å². The Morgan fingerprint density at radius 2 is 0.654 bits per heavy atom. The van der Waals surface area contributed by atoms with Crippen LogP contribution in [0.25, 0.3) is 11.1 Å². The highest BCUT2D eigenvalue weighted by Crippen LogP contribution is 2.37. The van der Waals surface area contributed by atoms with Crippen molar-refractivity contribution in [3.63, 3.8) is 0 Å². The highest BCUT2D eigenvalue weighted by atomic mass is 19.2. The minimum absolute atomic E-state index is 1.92. The van der Waals surface area contributed by atoms with Crippen molar-refractivity contribution in [2.75, 3.05) is 0 Å². The maximum absolute atomic E-state index is 14.0. The number of carbonyl (C=O) groups is 2. The second-order valence-corrected chi connectivity index (χ2v) is 4.74. The van der Waals surface area contributed by atoms with Crippen molar-refractivity contribution in [2.24, 2.45) is 11.5 Å². The van der Waals surface area contributed by atoms with Gasteiger partial charge in [-0.3, -0.25) is 9.59 Å². The highest BCUT2D eigenvalue weighted by Gasteiger charge is 2.35. The maximum atomic E-state index is 14.0. The minimum Gasteiger partial charge on any atom is -0.365 e. The molecule has 0 unspecified atom stereocenters. The predicted octanol–water partition coefficient (Wildman–Crippen LogP) is 2.66. The van der Waals surface area contributed by atoms with Gasteiger partial charge in [-0.1, -0.05) is 0 Å². The molecule has 2 rings (SSSR count). The van der Waals surface area contributed by atoms with Gasteiger partial charge >= 0.3 is 0 Å². The summed E-state index contributed by atoms with van der Waals surface area (Å²) in [5, 5.41) is 0. The van der Waals surface area contributed by atoms with Crippen LogP contribution < -0.4 is 11.5 Å². The molecule has 138 valence electrons. The van der Waals surface area contributed by atoms with Gasteiger partial charge in [-0.2, -0.15) is 0 Å². The van der Waals surface area contributed by atoms with E-state index in [0.717, 1.165) is 0 Å². The zero-order valence-corrected chi connectivity index (χ0v) is 12.0. The molecule has 0 aliphatic heterocycles. The Morgan fingerprint density at radius 3 is 0.808 bits per heavy atom. The number of benzene rings is 2. The fraction of sp³-hybridized carbons (Fsp3) is 0. The molecule has 2 amide bonds. The monoisotopic (exact) mass is 384 g/mol. The summed E-state index contributed by atoms with van der Waals surface area (Å²) in [5.41, 5.74) is 0.828. The third kappa shape index (κ3) is 2.53. The summed E-state index contributed by atoms with van der Waals surface area (Å²) in [6.45, 7) is 0. The van der Waals surface area contributed by atoms with Crippen molar-refractivity contribution in [3.05, 3.63) is 57.7 Å². The van der Waals surface area contributed by atoms with Gasteiger partial charge in [-0.25, -0.2) is 35.1 Å². The first kappa shape index (κ1) is 19.1. The number of hydrogen-bond donors (Lipinski definition) is 2. The number of primary amides is 2. The van der Waals surface area contributed by atoms with Crippen LogP contribution in [0.2, 0.25) is 0 Å². The number of hydrogen-bond acceptors (Lipinski definition) is 2. The van der Waals surface area contributed by atoms with Crippen molar-refractivity contribution >= 4 is 11.8 Å². The van der Waals surface area contributed by atoms with Crippen LogP contribution in [0.3, 0.4) is 0 Å². The van der Waals surface area contributed by atoms with E-state index < -0.39 is 80.6 Å². The summed E-state index contributed by atoms with van der Waals surface area (Å²) in [4.78, 5) is 21.7. The predicted molar refractivity (Wildman–Crippen MR) is 68.6 cm³/mol. The van der Waals surface area contributed by atoms with Gasteiger partial charge in [0.1, 0.15) is 11.1 Å². The van der Waals surface area contributed by atoms with Gasteiger partial charge in [0.15, 0.2) is 46.5 Å². The molecule has 0 atom stereocenters. The van der Waals surface area contributed by atoms with Crippen LogP contribution in [-0.2, 0) is 0 Å². The Bertz CT molecular complexity index is 852. The smallest absolute Gasteiger partial charge is 0.254 e. The normalized spacial score (nSPS) is 10.9. The average Bonchev–Trinajstić information content (AvgIpc) is 2.54. The molecule has 0 saturated heterocycles. The molecule has 0 radical (unpaired) electrons. The average molecular weight is 384 g/mol. The second-order valence-electron chi connectivity index (χ2n) is 4.74. The summed E-state index contributed by atoms with van der Waals surface area (Å²) in [6, 6.07) is 0. The molecule has 0 heterocycles. The standard InChI is InChI=1S/C14H4F8N2O2/c15-5-1(6(16)10(20)3(9(5)19)13(23)25)2-7(17)11(21)4(14(24)26)12(22)8(2)18/h(H2,23,25)(H2,24,26). The molecule has 0 spiro atoms. The Morgan fingerprint density at radius 1 is 0.462 bits per heavy atom. The molecular weight excluding hydrogens is 380 g/mol. The topological polar surface area (TPSA) is 86.2 Å². The molecule has 12 heteroatoms. The third-order valence-electron chi connectivity index (χ3n) is 3.27. The molecule has 0 aromatic heterocycles. The van der Waals surface area contributed by atoms with Gasteiger partial charge in [0.05, 0.1) is 11.1 Å². The fourth-order valence-corrected chi connectivity index (χ4v) is 2.14. The molecule has 2 aromatic carbocycles. The van der Waals surface area contributed by atoms with Crippen molar-refractivity contribution in [1.82, 2.24) is 0 Å². The minimum atomic E-state index is -2.55. The molecule has 0 saturated carbocycles. The van der Waals surface area contributed by atoms with Gasteiger partial charge in [-0.15, -0.1) is 0 Å². The first-order valence-electron chi connectivity index (χ1n) is 6.25. The zero-order valence-electron chi connectivity index (χ0n) is 12.0. The van der Waals surface area contributed by atoms with Crippen LogP contribution in [0, 0.1) is 46.5 Å². The lowest BCUT2D eigenvalue weighted by Crippen LogP contribution is -2.21. The number of halogens is 8.